The molecule has 0 aromatic heterocycles. The van der Waals surface area contributed by atoms with Crippen molar-refractivity contribution in [2.45, 2.75) is 6.92 Å². The third-order valence-electron chi connectivity index (χ3n) is 0. The van der Waals surface area contributed by atoms with Gasteiger partial charge in [-0.2, -0.15) is 0 Å². The molecule has 0 aliphatic carbocycles. The van der Waals surface area contributed by atoms with E-state index in [-0.39, 0.29) is 23.5 Å². The second-order valence-electron chi connectivity index (χ2n) is 0.492. The van der Waals surface area contributed by atoms with Crippen molar-refractivity contribution in [3.63, 3.8) is 0 Å². The molecule has 0 saturated heterocycles. The van der Waals surface area contributed by atoms with Gasteiger partial charge >= 0.3 is 0 Å². The molecule has 0 aromatic rings. The summed E-state index contributed by atoms with van der Waals surface area (Å²) >= 11 is 0. The quantitative estimate of drug-likeness (QED) is 0.461. The standard InChI is InChI=1S/C2H4O2.Cr.H3N/c1-2(3)4;;/h1H3,(H,3,4);;1H3. The molecule has 0 rings (SSSR count). The number of quaternary nitrogens is 1. The Morgan fingerprint density at radius 3 is 1.67 bits per heavy atom. The van der Waals surface area contributed by atoms with Crippen LogP contribution in [0.25, 0.3) is 0 Å². The van der Waals surface area contributed by atoms with Crippen LogP contribution in [0.3, 0.4) is 0 Å². The third-order valence-corrected chi connectivity index (χ3v) is 0. The smallest absolute Gasteiger partial charge is 0.0383 e. The number of carbonyl (C=O) groups is 1. The Kier molecular flexibility index (Phi) is 24.8. The molecule has 6 heavy (non-hydrogen) atoms. The number of rotatable bonds is 0. The molecule has 0 unspecified atom stereocenters. The van der Waals surface area contributed by atoms with Gasteiger partial charge in [-0.15, -0.1) is 0 Å². The summed E-state index contributed by atoms with van der Waals surface area (Å²) in [6, 6.07) is 0. The van der Waals surface area contributed by atoms with E-state index in [2.05, 4.69) is 0 Å². The zero-order chi connectivity index (χ0) is 3.58. The van der Waals surface area contributed by atoms with E-state index >= 15 is 0 Å². The van der Waals surface area contributed by atoms with E-state index in [0.29, 0.717) is 0 Å². The van der Waals surface area contributed by atoms with Crippen LogP contribution in [0.15, 0.2) is 0 Å². The van der Waals surface area contributed by atoms with Crippen LogP contribution in [0.2, 0.25) is 0 Å². The molecule has 0 saturated carbocycles. The minimum absolute atomic E-state index is 0. The predicted octanol–water partition coefficient (Wildman–Crippen LogP) is -0.870. The van der Waals surface area contributed by atoms with E-state index in [0.717, 1.165) is 6.92 Å². The van der Waals surface area contributed by atoms with Gasteiger partial charge in [-0.05, 0) is 6.92 Å². The van der Waals surface area contributed by atoms with E-state index in [1.54, 1.807) is 0 Å². The Morgan fingerprint density at radius 2 is 1.67 bits per heavy atom. The van der Waals surface area contributed by atoms with Gasteiger partial charge in [0.1, 0.15) is 0 Å². The van der Waals surface area contributed by atoms with Crippen molar-refractivity contribution in [3.05, 3.63) is 0 Å². The first-order valence-corrected chi connectivity index (χ1v) is 0.908. The summed E-state index contributed by atoms with van der Waals surface area (Å²) in [7, 11) is 0. The van der Waals surface area contributed by atoms with Crippen LogP contribution < -0.4 is 11.3 Å². The molecule has 0 aliphatic heterocycles. The van der Waals surface area contributed by atoms with Crippen LogP contribution in [0, 0.1) is 0 Å². The van der Waals surface area contributed by atoms with E-state index in [4.69, 9.17) is 9.90 Å². The van der Waals surface area contributed by atoms with Gasteiger partial charge < -0.3 is 16.1 Å². The molecule has 0 amide bonds. The van der Waals surface area contributed by atoms with E-state index in [1.807, 2.05) is 0 Å². The van der Waals surface area contributed by atoms with Crippen molar-refractivity contribution in [2.24, 2.45) is 0 Å². The van der Waals surface area contributed by atoms with Gasteiger partial charge in [-0.25, -0.2) is 0 Å². The average molecular weight is 129 g/mol. The average Bonchev–Trinajstić information content (AvgIpc) is 0.811. The summed E-state index contributed by atoms with van der Waals surface area (Å²) in [5.41, 5.74) is 0. The number of carboxylic acid groups (broad SMARTS) is 1. The fourth-order valence-electron chi connectivity index (χ4n) is 0. The van der Waals surface area contributed by atoms with Crippen LogP contribution in [0.5, 0.6) is 0 Å². The molecule has 0 aliphatic rings. The molecule has 0 spiro atoms. The first-order valence-electron chi connectivity index (χ1n) is 0.908. The first-order chi connectivity index (χ1) is 1.73. The molecular weight excluding hydrogens is 122 g/mol. The molecule has 4 heteroatoms. The largest absolute Gasteiger partial charge is 0.550 e. The summed E-state index contributed by atoms with van der Waals surface area (Å²) in [6.07, 6.45) is 0. The second kappa shape index (κ2) is 8.88. The van der Waals surface area contributed by atoms with Crippen LogP contribution in [-0.4, -0.2) is 5.97 Å². The Balaban J connectivity index is -0.0000000450. The van der Waals surface area contributed by atoms with Gasteiger partial charge in [0.2, 0.25) is 0 Å². The maximum absolute atomic E-state index is 8.89. The topological polar surface area (TPSA) is 76.6 Å². The Labute approximate surface area is 47.1 Å². The monoisotopic (exact) mass is 129 g/mol. The number of hydrogen-bond acceptors (Lipinski definition) is 2. The van der Waals surface area contributed by atoms with Crippen LogP contribution in [-0.2, 0) is 22.2 Å². The number of carboxylic acids is 1. The molecule has 0 atom stereocenters. The SMILES string of the molecule is CC(=O)[O-].[Cr].[NH4+]. The molecule has 4 N–H and O–H groups in total. The summed E-state index contributed by atoms with van der Waals surface area (Å²) in [5, 5.41) is 8.89. The molecular formula is C2H7CrNO2. The van der Waals surface area contributed by atoms with Gasteiger partial charge in [0.05, 0.1) is 0 Å². The number of hydrogen-bond donors (Lipinski definition) is 1. The maximum atomic E-state index is 8.89. The van der Waals surface area contributed by atoms with Crippen molar-refractivity contribution in [2.75, 3.05) is 0 Å². The van der Waals surface area contributed by atoms with Gasteiger partial charge in [0.15, 0.2) is 0 Å². The molecule has 0 radical (unpaired) electrons. The fourth-order valence-corrected chi connectivity index (χ4v) is 0. The minimum atomic E-state index is -1.08. The molecule has 0 aromatic carbocycles. The van der Waals surface area contributed by atoms with Crippen molar-refractivity contribution in [3.8, 4) is 0 Å². The van der Waals surface area contributed by atoms with E-state index in [9.17, 15) is 0 Å². The van der Waals surface area contributed by atoms with Gasteiger partial charge in [-0.1, -0.05) is 0 Å². The zero-order valence-corrected chi connectivity index (χ0v) is 5.00. The fraction of sp³-hybridized carbons (Fsp3) is 0.500. The summed E-state index contributed by atoms with van der Waals surface area (Å²) in [5.74, 6) is -1.08. The molecule has 3 nitrogen and oxygen atoms in total. The predicted molar refractivity (Wildman–Crippen MR) is 16.7 cm³/mol. The summed E-state index contributed by atoms with van der Waals surface area (Å²) in [6.45, 7) is 0.972. The van der Waals surface area contributed by atoms with Gasteiger partial charge in [0.25, 0.3) is 0 Å². The Bertz CT molecular complexity index is 34.5. The first kappa shape index (κ1) is 16.7. The molecule has 0 bridgehead atoms. The molecule has 0 fully saturated rings. The summed E-state index contributed by atoms with van der Waals surface area (Å²) < 4.78 is 0. The van der Waals surface area contributed by atoms with E-state index in [1.165, 1.54) is 0 Å². The maximum Gasteiger partial charge on any atom is 0.0383 e. The van der Waals surface area contributed by atoms with Crippen LogP contribution in [0.1, 0.15) is 6.92 Å². The number of carbonyl (C=O) groups excluding carboxylic acids is 1. The summed E-state index contributed by atoms with van der Waals surface area (Å²) in [4.78, 5) is 8.89. The van der Waals surface area contributed by atoms with Gasteiger partial charge in [0, 0.05) is 23.3 Å². The van der Waals surface area contributed by atoms with Crippen molar-refractivity contribution >= 4 is 5.97 Å². The van der Waals surface area contributed by atoms with Crippen molar-refractivity contribution < 1.29 is 27.3 Å². The van der Waals surface area contributed by atoms with Crippen LogP contribution >= 0.6 is 0 Å². The zero-order valence-electron chi connectivity index (χ0n) is 3.72. The molecule has 38 valence electrons. The Hall–Kier alpha value is -0.0375. The third kappa shape index (κ3) is 24700. The van der Waals surface area contributed by atoms with Crippen LogP contribution in [0.4, 0.5) is 0 Å². The normalized spacial score (nSPS) is 4.17. The minimum Gasteiger partial charge on any atom is -0.550 e. The van der Waals surface area contributed by atoms with E-state index < -0.39 is 5.97 Å². The van der Waals surface area contributed by atoms with Gasteiger partial charge in [-0.3, -0.25) is 0 Å². The van der Waals surface area contributed by atoms with Crippen molar-refractivity contribution in [1.29, 1.82) is 0 Å². The Morgan fingerprint density at radius 1 is 1.67 bits per heavy atom. The second-order valence-corrected chi connectivity index (χ2v) is 0.492. The number of aliphatic carboxylic acids is 1. The molecule has 0 heterocycles. The van der Waals surface area contributed by atoms with Crippen molar-refractivity contribution in [1.82, 2.24) is 6.15 Å².